The minimum Gasteiger partial charge on any atom is -0.343 e. The number of nitrogens with zero attached hydrogens (tertiary/aromatic N) is 3. The molecule has 146 valence electrons. The third-order valence-corrected chi connectivity index (χ3v) is 5.09. The second-order valence-corrected chi connectivity index (χ2v) is 7.07. The lowest BCUT2D eigenvalue weighted by Crippen LogP contribution is -2.58. The Labute approximate surface area is 156 Å². The van der Waals surface area contributed by atoms with Crippen molar-refractivity contribution in [3.05, 3.63) is 35.4 Å². The number of rotatable bonds is 6. The van der Waals surface area contributed by atoms with Gasteiger partial charge in [-0.2, -0.15) is 0 Å². The summed E-state index contributed by atoms with van der Waals surface area (Å²) >= 11 is 0. The van der Waals surface area contributed by atoms with Gasteiger partial charge in [0, 0.05) is 38.7 Å². The molecule has 1 atom stereocenters. The lowest BCUT2D eigenvalue weighted by atomic mass is 10.1. The predicted octanol–water partition coefficient (Wildman–Crippen LogP) is 1.54. The van der Waals surface area contributed by atoms with Crippen molar-refractivity contribution in [2.24, 2.45) is 0 Å². The summed E-state index contributed by atoms with van der Waals surface area (Å²) in [5.41, 5.74) is 0.307. The molecule has 0 spiro atoms. The normalized spacial score (nSPS) is 20.8. The Morgan fingerprint density at radius 1 is 1.00 bits per heavy atom. The van der Waals surface area contributed by atoms with Crippen LogP contribution in [0.2, 0.25) is 0 Å². The Hall–Kier alpha value is -2.51. The van der Waals surface area contributed by atoms with Crippen molar-refractivity contribution < 1.29 is 23.2 Å². The average Bonchev–Trinajstić information content (AvgIpc) is 3.00. The SMILES string of the molecule is C[C@H]1C(=O)N(CCCN2CCCC2=O)CC(=O)N1Cc1cc(F)cc(F)c1. The number of benzene rings is 1. The van der Waals surface area contributed by atoms with Crippen molar-refractivity contribution in [3.63, 3.8) is 0 Å². The molecule has 2 aliphatic heterocycles. The fourth-order valence-electron chi connectivity index (χ4n) is 3.65. The van der Waals surface area contributed by atoms with E-state index in [2.05, 4.69) is 0 Å². The van der Waals surface area contributed by atoms with Gasteiger partial charge in [0.25, 0.3) is 0 Å². The Kier molecular flexibility index (Phi) is 5.72. The summed E-state index contributed by atoms with van der Waals surface area (Å²) in [4.78, 5) is 41.3. The molecule has 8 heteroatoms. The lowest BCUT2D eigenvalue weighted by Gasteiger charge is -2.39. The molecule has 2 saturated heterocycles. The van der Waals surface area contributed by atoms with Crippen molar-refractivity contribution in [2.45, 2.75) is 38.8 Å². The monoisotopic (exact) mass is 379 g/mol. The third kappa shape index (κ3) is 4.43. The van der Waals surface area contributed by atoms with Crippen molar-refractivity contribution in [3.8, 4) is 0 Å². The second-order valence-electron chi connectivity index (χ2n) is 7.07. The zero-order chi connectivity index (χ0) is 19.6. The van der Waals surface area contributed by atoms with Crippen LogP contribution in [0.1, 0.15) is 31.7 Å². The Morgan fingerprint density at radius 3 is 2.30 bits per heavy atom. The van der Waals surface area contributed by atoms with Gasteiger partial charge >= 0.3 is 0 Å². The van der Waals surface area contributed by atoms with Gasteiger partial charge in [-0.25, -0.2) is 8.78 Å². The van der Waals surface area contributed by atoms with Gasteiger partial charge in [0.05, 0.1) is 6.54 Å². The quantitative estimate of drug-likeness (QED) is 0.753. The van der Waals surface area contributed by atoms with E-state index in [-0.39, 0.29) is 30.8 Å². The van der Waals surface area contributed by atoms with E-state index in [1.54, 1.807) is 11.8 Å². The van der Waals surface area contributed by atoms with E-state index in [9.17, 15) is 23.2 Å². The Morgan fingerprint density at radius 2 is 1.67 bits per heavy atom. The van der Waals surface area contributed by atoms with E-state index in [0.717, 1.165) is 31.2 Å². The van der Waals surface area contributed by atoms with Gasteiger partial charge in [0.15, 0.2) is 0 Å². The van der Waals surface area contributed by atoms with Crippen LogP contribution in [-0.4, -0.2) is 64.6 Å². The first-order chi connectivity index (χ1) is 12.8. The van der Waals surface area contributed by atoms with Crippen LogP contribution in [0, 0.1) is 11.6 Å². The number of carbonyl (C=O) groups is 3. The molecule has 0 unspecified atom stereocenters. The molecule has 1 aromatic carbocycles. The van der Waals surface area contributed by atoms with Crippen molar-refractivity contribution >= 4 is 17.7 Å². The van der Waals surface area contributed by atoms with Crippen LogP contribution >= 0.6 is 0 Å². The van der Waals surface area contributed by atoms with Crippen molar-refractivity contribution in [1.29, 1.82) is 0 Å². The highest BCUT2D eigenvalue weighted by Gasteiger charge is 2.36. The topological polar surface area (TPSA) is 60.9 Å². The summed E-state index contributed by atoms with van der Waals surface area (Å²) in [6.45, 7) is 3.27. The summed E-state index contributed by atoms with van der Waals surface area (Å²) in [5.74, 6) is -1.75. The average molecular weight is 379 g/mol. The van der Waals surface area contributed by atoms with Crippen LogP contribution in [-0.2, 0) is 20.9 Å². The van der Waals surface area contributed by atoms with Gasteiger partial charge in [-0.05, 0) is 37.5 Å². The molecule has 0 bridgehead atoms. The van der Waals surface area contributed by atoms with Crippen LogP contribution in [0.15, 0.2) is 18.2 Å². The molecule has 0 aromatic heterocycles. The van der Waals surface area contributed by atoms with Gasteiger partial charge in [0.2, 0.25) is 17.7 Å². The molecule has 3 rings (SSSR count). The predicted molar refractivity (Wildman–Crippen MR) is 93.4 cm³/mol. The molecule has 6 nitrogen and oxygen atoms in total. The molecule has 1 aromatic rings. The highest BCUT2D eigenvalue weighted by molar-refractivity contribution is 5.94. The smallest absolute Gasteiger partial charge is 0.245 e. The zero-order valence-corrected chi connectivity index (χ0v) is 15.3. The number of piperazine rings is 1. The maximum absolute atomic E-state index is 13.4. The minimum atomic E-state index is -0.716. The number of hydrogen-bond donors (Lipinski definition) is 0. The molecule has 27 heavy (non-hydrogen) atoms. The minimum absolute atomic E-state index is 0.0173. The summed E-state index contributed by atoms with van der Waals surface area (Å²) in [6.07, 6.45) is 2.06. The molecule has 2 fully saturated rings. The van der Waals surface area contributed by atoms with Gasteiger partial charge in [-0.1, -0.05) is 0 Å². The molecular weight excluding hydrogens is 356 g/mol. The van der Waals surface area contributed by atoms with Gasteiger partial charge in [-0.3, -0.25) is 14.4 Å². The Bertz CT molecular complexity index is 735. The fourth-order valence-corrected chi connectivity index (χ4v) is 3.65. The summed E-state index contributed by atoms with van der Waals surface area (Å²) in [5, 5.41) is 0. The van der Waals surface area contributed by atoms with Crippen molar-refractivity contribution in [1.82, 2.24) is 14.7 Å². The van der Waals surface area contributed by atoms with Crippen LogP contribution in [0.25, 0.3) is 0 Å². The van der Waals surface area contributed by atoms with E-state index < -0.39 is 17.7 Å². The third-order valence-electron chi connectivity index (χ3n) is 5.09. The Balaban J connectivity index is 1.57. The molecule has 0 saturated carbocycles. The molecule has 3 amide bonds. The molecule has 2 heterocycles. The number of halogens is 2. The number of hydrogen-bond acceptors (Lipinski definition) is 3. The van der Waals surface area contributed by atoms with Gasteiger partial charge < -0.3 is 14.7 Å². The van der Waals surface area contributed by atoms with E-state index >= 15 is 0 Å². The van der Waals surface area contributed by atoms with Crippen LogP contribution in [0.3, 0.4) is 0 Å². The zero-order valence-electron chi connectivity index (χ0n) is 15.3. The first-order valence-electron chi connectivity index (χ1n) is 9.16. The molecule has 0 radical (unpaired) electrons. The van der Waals surface area contributed by atoms with Crippen LogP contribution < -0.4 is 0 Å². The summed E-state index contributed by atoms with van der Waals surface area (Å²) in [6, 6.07) is 2.38. The van der Waals surface area contributed by atoms with E-state index in [1.807, 2.05) is 0 Å². The van der Waals surface area contributed by atoms with Crippen LogP contribution in [0.5, 0.6) is 0 Å². The number of carbonyl (C=O) groups excluding carboxylic acids is 3. The maximum Gasteiger partial charge on any atom is 0.245 e. The number of amides is 3. The van der Waals surface area contributed by atoms with E-state index in [4.69, 9.17) is 0 Å². The maximum atomic E-state index is 13.4. The van der Waals surface area contributed by atoms with E-state index in [0.29, 0.717) is 31.5 Å². The summed E-state index contributed by atoms with van der Waals surface area (Å²) in [7, 11) is 0. The second kappa shape index (κ2) is 8.02. The standard InChI is InChI=1S/C19H23F2N3O3/c1-13-19(27)23(7-3-6-22-5-2-4-17(22)25)12-18(26)24(13)11-14-8-15(20)10-16(21)9-14/h8-10,13H,2-7,11-12H2,1H3/t13-/m0/s1. The first kappa shape index (κ1) is 19.3. The summed E-state index contributed by atoms with van der Waals surface area (Å²) < 4.78 is 26.7. The van der Waals surface area contributed by atoms with Gasteiger partial charge in [0.1, 0.15) is 17.7 Å². The fraction of sp³-hybridized carbons (Fsp3) is 0.526. The highest BCUT2D eigenvalue weighted by Crippen LogP contribution is 2.18. The van der Waals surface area contributed by atoms with Crippen LogP contribution in [0.4, 0.5) is 8.78 Å². The molecule has 0 N–H and O–H groups in total. The molecule has 0 aliphatic carbocycles. The molecular formula is C19H23F2N3O3. The largest absolute Gasteiger partial charge is 0.343 e. The number of likely N-dealkylation sites (tertiary alicyclic amines) is 1. The molecule has 2 aliphatic rings. The lowest BCUT2D eigenvalue weighted by molar-refractivity contribution is -0.155. The first-order valence-corrected chi connectivity index (χ1v) is 9.16. The van der Waals surface area contributed by atoms with Crippen molar-refractivity contribution in [2.75, 3.05) is 26.2 Å². The van der Waals surface area contributed by atoms with Gasteiger partial charge in [-0.15, -0.1) is 0 Å². The van der Waals surface area contributed by atoms with E-state index in [1.165, 1.54) is 9.80 Å². The highest BCUT2D eigenvalue weighted by atomic mass is 19.1.